The van der Waals surface area contributed by atoms with Crippen molar-refractivity contribution >= 4 is 66.0 Å². The highest BCUT2D eigenvalue weighted by Crippen LogP contribution is 2.40. The Morgan fingerprint density at radius 3 is 2.68 bits per heavy atom. The molecule has 0 spiro atoms. The van der Waals surface area contributed by atoms with Gasteiger partial charge < -0.3 is 14.8 Å². The average Bonchev–Trinajstić information content (AvgIpc) is 2.97. The lowest BCUT2D eigenvalue weighted by Crippen LogP contribution is -2.25. The van der Waals surface area contributed by atoms with Crippen molar-refractivity contribution in [3.63, 3.8) is 0 Å². The smallest absolute Gasteiger partial charge is 0.305 e. The standard InChI is InChI=1S/C19H16Br2ClN3O3/c1-2-3-15(28-12-6-4-11(22)5-7-12)18(26)25-24-17-13-8-10(20)9-14(21)16(13)23-19(17)27/h4-9,15,23,27H,2-3H2,1H3. The molecule has 0 aliphatic carbocycles. The minimum atomic E-state index is -0.777. The second kappa shape index (κ2) is 9.07. The molecule has 1 unspecified atom stereocenters. The van der Waals surface area contributed by atoms with Crippen LogP contribution in [-0.2, 0) is 4.79 Å². The molecule has 6 nitrogen and oxygen atoms in total. The third-order valence-corrected chi connectivity index (χ3v) is 5.28. The number of nitrogens with one attached hydrogen (secondary N) is 1. The molecule has 0 fully saturated rings. The summed E-state index contributed by atoms with van der Waals surface area (Å²) in [5, 5.41) is 19.2. The second-order valence-electron chi connectivity index (χ2n) is 6.02. The van der Waals surface area contributed by atoms with Gasteiger partial charge in [0, 0.05) is 19.4 Å². The van der Waals surface area contributed by atoms with Gasteiger partial charge in [0.05, 0.1) is 5.52 Å². The molecule has 146 valence electrons. The Hall–Kier alpha value is -1.90. The predicted molar refractivity (Wildman–Crippen MR) is 116 cm³/mol. The minimum Gasteiger partial charge on any atom is -0.493 e. The van der Waals surface area contributed by atoms with Crippen LogP contribution in [0.3, 0.4) is 0 Å². The first kappa shape index (κ1) is 20.8. The Bertz CT molecular complexity index is 1040. The van der Waals surface area contributed by atoms with Gasteiger partial charge in [-0.05, 0) is 58.7 Å². The van der Waals surface area contributed by atoms with Crippen molar-refractivity contribution in [2.45, 2.75) is 25.9 Å². The first-order valence-corrected chi connectivity index (χ1v) is 10.4. The summed E-state index contributed by atoms with van der Waals surface area (Å²) in [6.45, 7) is 1.95. The topological polar surface area (TPSA) is 87.0 Å². The number of hydrogen-bond donors (Lipinski definition) is 2. The van der Waals surface area contributed by atoms with Gasteiger partial charge in [-0.25, -0.2) is 0 Å². The molecular weight excluding hydrogens is 513 g/mol. The number of carbonyl (C=O) groups excluding carboxylic acids is 1. The van der Waals surface area contributed by atoms with E-state index >= 15 is 0 Å². The number of halogens is 3. The summed E-state index contributed by atoms with van der Waals surface area (Å²) in [4.78, 5) is 15.4. The zero-order valence-electron chi connectivity index (χ0n) is 14.7. The van der Waals surface area contributed by atoms with E-state index in [2.05, 4.69) is 47.1 Å². The zero-order chi connectivity index (χ0) is 20.3. The van der Waals surface area contributed by atoms with Crippen molar-refractivity contribution in [2.24, 2.45) is 10.2 Å². The molecule has 0 saturated carbocycles. The van der Waals surface area contributed by atoms with Crippen LogP contribution < -0.4 is 4.74 Å². The number of aromatic amines is 1. The maximum atomic E-state index is 12.6. The summed E-state index contributed by atoms with van der Waals surface area (Å²) in [6.07, 6.45) is 0.440. The van der Waals surface area contributed by atoms with Gasteiger partial charge in [-0.15, -0.1) is 10.2 Å². The molecule has 1 heterocycles. The number of H-pyrrole nitrogens is 1. The van der Waals surface area contributed by atoms with E-state index in [1.54, 1.807) is 30.3 Å². The van der Waals surface area contributed by atoms with Crippen molar-refractivity contribution in [2.75, 3.05) is 0 Å². The first-order chi connectivity index (χ1) is 13.4. The first-order valence-electron chi connectivity index (χ1n) is 8.46. The van der Waals surface area contributed by atoms with Crippen molar-refractivity contribution in [1.29, 1.82) is 0 Å². The van der Waals surface area contributed by atoms with Crippen molar-refractivity contribution in [1.82, 2.24) is 4.98 Å². The van der Waals surface area contributed by atoms with E-state index in [0.29, 0.717) is 28.1 Å². The largest absolute Gasteiger partial charge is 0.493 e. The van der Waals surface area contributed by atoms with Crippen molar-refractivity contribution < 1.29 is 14.6 Å². The van der Waals surface area contributed by atoms with Gasteiger partial charge in [-0.3, -0.25) is 4.79 Å². The van der Waals surface area contributed by atoms with E-state index < -0.39 is 12.0 Å². The lowest BCUT2D eigenvalue weighted by atomic mass is 10.2. The number of hydrogen-bond acceptors (Lipinski definition) is 4. The number of amides is 1. The molecule has 28 heavy (non-hydrogen) atoms. The Morgan fingerprint density at radius 2 is 2.00 bits per heavy atom. The molecule has 0 aliphatic heterocycles. The van der Waals surface area contributed by atoms with E-state index in [1.165, 1.54) is 0 Å². The number of azo groups is 1. The molecule has 0 saturated heterocycles. The van der Waals surface area contributed by atoms with Crippen molar-refractivity contribution in [3.05, 3.63) is 50.4 Å². The van der Waals surface area contributed by atoms with Crippen LogP contribution in [0.2, 0.25) is 5.02 Å². The van der Waals surface area contributed by atoms with E-state index in [4.69, 9.17) is 16.3 Å². The number of aromatic hydroxyl groups is 1. The third kappa shape index (κ3) is 4.74. The summed E-state index contributed by atoms with van der Waals surface area (Å²) >= 11 is 12.7. The van der Waals surface area contributed by atoms with Crippen LogP contribution in [0.25, 0.3) is 10.9 Å². The van der Waals surface area contributed by atoms with Gasteiger partial charge in [-0.2, -0.15) is 0 Å². The fraction of sp³-hybridized carbons (Fsp3) is 0.211. The van der Waals surface area contributed by atoms with Crippen LogP contribution in [0.15, 0.2) is 55.6 Å². The summed E-state index contributed by atoms with van der Waals surface area (Å²) in [5.74, 6) is -0.176. The van der Waals surface area contributed by atoms with Crippen LogP contribution in [0.5, 0.6) is 11.6 Å². The van der Waals surface area contributed by atoms with Crippen molar-refractivity contribution in [3.8, 4) is 11.6 Å². The van der Waals surface area contributed by atoms with E-state index in [1.807, 2.05) is 13.0 Å². The fourth-order valence-corrected chi connectivity index (χ4v) is 4.08. The Morgan fingerprint density at radius 1 is 1.29 bits per heavy atom. The molecule has 9 heteroatoms. The molecule has 0 radical (unpaired) electrons. The quantitative estimate of drug-likeness (QED) is 0.340. The lowest BCUT2D eigenvalue weighted by molar-refractivity contribution is -0.125. The van der Waals surface area contributed by atoms with Crippen LogP contribution in [0.1, 0.15) is 19.8 Å². The summed E-state index contributed by atoms with van der Waals surface area (Å²) in [5.41, 5.74) is 0.844. The SMILES string of the molecule is CCCC(Oc1ccc(Cl)cc1)C(=O)N=Nc1c(O)[nH]c2c(Br)cc(Br)cc12. The number of rotatable bonds is 6. The normalized spacial score (nSPS) is 12.6. The van der Waals surface area contributed by atoms with Crippen LogP contribution in [0.4, 0.5) is 5.69 Å². The minimum absolute atomic E-state index is 0.170. The van der Waals surface area contributed by atoms with Gasteiger partial charge >= 0.3 is 5.91 Å². The third-order valence-electron chi connectivity index (χ3n) is 3.94. The lowest BCUT2D eigenvalue weighted by Gasteiger charge is -2.14. The Kier molecular flexibility index (Phi) is 6.74. The molecule has 3 rings (SSSR count). The molecule has 1 atom stereocenters. The molecule has 0 bridgehead atoms. The number of aromatic nitrogens is 1. The van der Waals surface area contributed by atoms with E-state index in [-0.39, 0.29) is 11.6 Å². The summed E-state index contributed by atoms with van der Waals surface area (Å²) < 4.78 is 7.29. The Labute approximate surface area is 183 Å². The van der Waals surface area contributed by atoms with Gasteiger partial charge in [0.25, 0.3) is 0 Å². The van der Waals surface area contributed by atoms with Gasteiger partial charge in [0.2, 0.25) is 5.88 Å². The van der Waals surface area contributed by atoms with Gasteiger partial charge in [0.15, 0.2) is 11.8 Å². The highest BCUT2D eigenvalue weighted by atomic mass is 79.9. The van der Waals surface area contributed by atoms with Crippen LogP contribution >= 0.6 is 43.5 Å². The monoisotopic (exact) mass is 527 g/mol. The summed E-state index contributed by atoms with van der Waals surface area (Å²) in [6, 6.07) is 10.4. The maximum absolute atomic E-state index is 12.6. The number of fused-ring (bicyclic) bond motifs is 1. The second-order valence-corrected chi connectivity index (χ2v) is 8.23. The molecule has 1 amide bonds. The van der Waals surface area contributed by atoms with Crippen LogP contribution in [-0.4, -0.2) is 22.1 Å². The van der Waals surface area contributed by atoms with Gasteiger partial charge in [0.1, 0.15) is 5.75 Å². The molecule has 0 aliphatic rings. The molecule has 2 N–H and O–H groups in total. The molecule has 1 aromatic heterocycles. The predicted octanol–water partition coefficient (Wildman–Crippen LogP) is 6.91. The zero-order valence-corrected chi connectivity index (χ0v) is 18.7. The van der Waals surface area contributed by atoms with E-state index in [0.717, 1.165) is 15.4 Å². The number of carbonyl (C=O) groups is 1. The average molecular weight is 530 g/mol. The van der Waals surface area contributed by atoms with E-state index in [9.17, 15) is 9.90 Å². The highest BCUT2D eigenvalue weighted by Gasteiger charge is 2.21. The summed E-state index contributed by atoms with van der Waals surface area (Å²) in [7, 11) is 0. The molecule has 3 aromatic rings. The fourth-order valence-electron chi connectivity index (χ4n) is 2.63. The number of nitrogens with zero attached hydrogens (tertiary/aromatic N) is 2. The number of benzene rings is 2. The Balaban J connectivity index is 1.85. The number of ether oxygens (including phenoxy) is 1. The van der Waals surface area contributed by atoms with Crippen LogP contribution in [0, 0.1) is 0 Å². The molecule has 2 aromatic carbocycles. The highest BCUT2D eigenvalue weighted by molar-refractivity contribution is 9.11. The maximum Gasteiger partial charge on any atom is 0.305 e. The van der Waals surface area contributed by atoms with Gasteiger partial charge in [-0.1, -0.05) is 40.9 Å². The molecular formula is C19H16Br2ClN3O3.